The Morgan fingerprint density at radius 2 is 1.24 bits per heavy atom. The van der Waals surface area contributed by atoms with Crippen LogP contribution in [0.4, 0.5) is 11.4 Å². The third kappa shape index (κ3) is 4.88. The average molecular weight is 719 g/mol. The predicted molar refractivity (Wildman–Crippen MR) is 229 cm³/mol. The van der Waals surface area contributed by atoms with Crippen molar-refractivity contribution in [3.63, 3.8) is 0 Å². The Labute approximate surface area is 330 Å². The lowest BCUT2D eigenvalue weighted by Gasteiger charge is -2.16. The maximum absolute atomic E-state index is 8.88. The van der Waals surface area contributed by atoms with E-state index in [-0.39, 0.29) is 35.4 Å². The van der Waals surface area contributed by atoms with Gasteiger partial charge in [-0.25, -0.2) is 0 Å². The minimum absolute atomic E-state index is 0.0382. The Morgan fingerprint density at radius 1 is 0.519 bits per heavy atom. The molecule has 254 valence electrons. The van der Waals surface area contributed by atoms with Crippen LogP contribution in [0.1, 0.15) is 13.7 Å². The summed E-state index contributed by atoms with van der Waals surface area (Å²) in [5.41, 5.74) is 7.77. The van der Waals surface area contributed by atoms with Gasteiger partial charge in [0.1, 0.15) is 11.1 Å². The average Bonchev–Trinajstić information content (AvgIpc) is 3.99. The molecule has 11 aromatic rings. The molecule has 0 amide bonds. The highest BCUT2D eigenvalue weighted by atomic mass is 32.1. The van der Waals surface area contributed by atoms with Crippen LogP contribution >= 0.6 is 11.3 Å². The lowest BCUT2D eigenvalue weighted by atomic mass is 9.96. The number of rotatable bonds is 6. The molecule has 0 bridgehead atoms. The monoisotopic (exact) mass is 718 g/mol. The largest absolute Gasteiger partial charge is 0.453 e. The van der Waals surface area contributed by atoms with Crippen molar-refractivity contribution in [2.45, 2.75) is 0 Å². The summed E-state index contributed by atoms with van der Waals surface area (Å²) >= 11 is 1.67. The second-order valence-electron chi connectivity index (χ2n) is 13.0. The van der Waals surface area contributed by atoms with Gasteiger partial charge in [-0.15, -0.1) is 11.3 Å². The maximum Gasteiger partial charge on any atom is 0.161 e. The number of hydrogen-bond donors (Lipinski definition) is 1. The van der Waals surface area contributed by atoms with Crippen molar-refractivity contribution in [1.82, 2.24) is 4.57 Å². The van der Waals surface area contributed by atoms with Gasteiger partial charge in [-0.05, 0) is 77.3 Å². The van der Waals surface area contributed by atoms with E-state index in [0.717, 1.165) is 59.2 Å². The molecule has 8 aromatic carbocycles. The van der Waals surface area contributed by atoms with E-state index in [1.807, 2.05) is 103 Å². The minimum atomic E-state index is -0.464. The van der Waals surface area contributed by atoms with Crippen LogP contribution in [0.2, 0.25) is 0 Å². The molecule has 0 saturated heterocycles. The third-order valence-corrected chi connectivity index (χ3v) is 11.2. The van der Waals surface area contributed by atoms with E-state index in [0.29, 0.717) is 33.1 Å². The molecule has 0 spiro atoms. The topological polar surface area (TPSA) is 30.1 Å². The molecular weight excluding hydrogens is 677 g/mol. The fourth-order valence-corrected chi connectivity index (χ4v) is 8.84. The number of anilines is 2. The van der Waals surface area contributed by atoms with Crippen molar-refractivity contribution < 1.29 is 18.1 Å². The summed E-state index contributed by atoms with van der Waals surface area (Å²) < 4.78 is 96.1. The lowest BCUT2D eigenvalue weighted by molar-refractivity contribution is 0.674. The van der Waals surface area contributed by atoms with Gasteiger partial charge in [-0.1, -0.05) is 127 Å². The van der Waals surface area contributed by atoms with E-state index in [2.05, 4.69) is 23.5 Å². The van der Waals surface area contributed by atoms with Crippen LogP contribution in [0.5, 0.6) is 0 Å². The number of furan rings is 1. The quantitative estimate of drug-likeness (QED) is 0.185. The van der Waals surface area contributed by atoms with E-state index < -0.39 is 36.3 Å². The van der Waals surface area contributed by atoms with E-state index >= 15 is 0 Å². The first-order valence-corrected chi connectivity index (χ1v) is 18.3. The van der Waals surface area contributed by atoms with E-state index in [4.69, 9.17) is 18.1 Å². The summed E-state index contributed by atoms with van der Waals surface area (Å²) in [6.07, 6.45) is 0. The first kappa shape index (κ1) is 22.2. The second kappa shape index (κ2) is 12.4. The Balaban J connectivity index is 1.08. The molecule has 11 rings (SSSR count). The molecule has 3 aromatic heterocycles. The Hall–Kier alpha value is -6.88. The zero-order valence-corrected chi connectivity index (χ0v) is 29.2. The van der Waals surface area contributed by atoms with Gasteiger partial charge in [-0.2, -0.15) is 0 Å². The van der Waals surface area contributed by atoms with Crippen molar-refractivity contribution >= 4 is 75.9 Å². The maximum atomic E-state index is 8.88. The Bertz CT molecular complexity index is 3740. The molecule has 0 aliphatic carbocycles. The predicted octanol–water partition coefficient (Wildman–Crippen LogP) is 14.6. The zero-order chi connectivity index (χ0) is 44.3. The Morgan fingerprint density at radius 3 is 2.11 bits per heavy atom. The zero-order valence-electron chi connectivity index (χ0n) is 38.4. The molecule has 0 unspecified atom stereocenters. The number of nitrogens with zero attached hydrogens (tertiary/aromatic N) is 1. The minimum Gasteiger partial charge on any atom is -0.453 e. The smallest absolute Gasteiger partial charge is 0.161 e. The summed E-state index contributed by atoms with van der Waals surface area (Å²) in [5.74, 6) is 0. The van der Waals surface area contributed by atoms with Gasteiger partial charge >= 0.3 is 0 Å². The van der Waals surface area contributed by atoms with Crippen molar-refractivity contribution in [1.29, 1.82) is 0 Å². The molecule has 1 N–H and O–H groups in total. The van der Waals surface area contributed by atoms with Crippen molar-refractivity contribution in [2.75, 3.05) is 5.32 Å². The summed E-state index contributed by atoms with van der Waals surface area (Å²) in [6, 6.07) is 37.3. The first-order valence-electron chi connectivity index (χ1n) is 22.4. The van der Waals surface area contributed by atoms with Crippen LogP contribution in [0, 0.1) is 0 Å². The number of para-hydroxylation sites is 3. The summed E-state index contributed by atoms with van der Waals surface area (Å²) in [6.45, 7) is 0. The summed E-state index contributed by atoms with van der Waals surface area (Å²) in [7, 11) is 0. The van der Waals surface area contributed by atoms with Crippen LogP contribution in [-0.2, 0) is 0 Å². The van der Waals surface area contributed by atoms with Gasteiger partial charge in [0.2, 0.25) is 0 Å². The number of nitrogens with one attached hydrogen (secondary N) is 1. The number of fused-ring (bicyclic) bond motifs is 8. The molecule has 0 fully saturated rings. The summed E-state index contributed by atoms with van der Waals surface area (Å²) in [5, 5.41) is 7.31. The van der Waals surface area contributed by atoms with Crippen LogP contribution in [-0.4, -0.2) is 4.57 Å². The molecule has 4 heteroatoms. The fourth-order valence-electron chi connectivity index (χ4n) is 7.61. The standard InChI is InChI=1S/C50H32N2OS/c1-3-14-32(15-4-1)33-28-29-44(43(31-33)40-24-13-23-39-38-20-8-10-27-46(38)54-50(39)40)51-35-17-11-16-34(30-35)37-22-12-25-42-47-49(53-48(37)42)41-21-7-9-26-45(41)52(47)36-18-5-2-6-19-36/h1-31,51H/i1D,2D,3D,4D,5D,6D,14D,15D,18D,19D. The normalized spacial score (nSPS) is 14.3. The Kier molecular flexibility index (Phi) is 5.10. The van der Waals surface area contributed by atoms with E-state index in [9.17, 15) is 0 Å². The number of hydrogen-bond acceptors (Lipinski definition) is 3. The van der Waals surface area contributed by atoms with Crippen molar-refractivity contribution in [3.8, 4) is 39.1 Å². The highest BCUT2D eigenvalue weighted by molar-refractivity contribution is 7.26. The molecule has 0 aliphatic heterocycles. The van der Waals surface area contributed by atoms with Gasteiger partial charge in [0, 0.05) is 64.7 Å². The summed E-state index contributed by atoms with van der Waals surface area (Å²) in [4.78, 5) is 0. The van der Waals surface area contributed by atoms with Crippen molar-refractivity contribution in [2.24, 2.45) is 0 Å². The molecule has 3 nitrogen and oxygen atoms in total. The van der Waals surface area contributed by atoms with Gasteiger partial charge in [-0.3, -0.25) is 0 Å². The van der Waals surface area contributed by atoms with Crippen LogP contribution < -0.4 is 5.32 Å². The lowest BCUT2D eigenvalue weighted by Crippen LogP contribution is -1.95. The highest BCUT2D eigenvalue weighted by Crippen LogP contribution is 2.45. The molecule has 0 radical (unpaired) electrons. The van der Waals surface area contributed by atoms with Gasteiger partial charge < -0.3 is 14.3 Å². The molecule has 0 aliphatic rings. The van der Waals surface area contributed by atoms with E-state index in [1.54, 1.807) is 22.0 Å². The van der Waals surface area contributed by atoms with Gasteiger partial charge in [0.05, 0.1) is 19.2 Å². The van der Waals surface area contributed by atoms with Crippen LogP contribution in [0.25, 0.3) is 92.2 Å². The second-order valence-corrected chi connectivity index (χ2v) is 14.1. The molecular formula is C50H32N2OS. The van der Waals surface area contributed by atoms with Crippen molar-refractivity contribution in [3.05, 3.63) is 188 Å². The number of aromatic nitrogens is 1. The molecule has 0 saturated carbocycles. The first-order chi connectivity index (χ1) is 30.9. The SMILES string of the molecule is [2H]c1c([2H])c([2H])c(-c2ccc(Nc3cccc(-c4cccc5c4oc4c6ccccc6n(-c6c([2H])c([2H])c([2H])c([2H])c6[2H])c54)c3)c(-c3cccc4c3sc3ccccc34)c2)c([2H])c1[2H]. The highest BCUT2D eigenvalue weighted by Gasteiger charge is 2.21. The van der Waals surface area contributed by atoms with Crippen LogP contribution in [0.15, 0.2) is 192 Å². The third-order valence-electron chi connectivity index (χ3n) is 9.97. The molecule has 0 atom stereocenters. The molecule has 54 heavy (non-hydrogen) atoms. The fraction of sp³-hybridized carbons (Fsp3) is 0. The van der Waals surface area contributed by atoms with Gasteiger partial charge in [0.25, 0.3) is 0 Å². The number of thiophene rings is 1. The number of benzene rings is 8. The van der Waals surface area contributed by atoms with E-state index in [1.165, 1.54) is 0 Å². The van der Waals surface area contributed by atoms with Gasteiger partial charge in [0.15, 0.2) is 5.58 Å². The van der Waals surface area contributed by atoms with Crippen LogP contribution in [0.3, 0.4) is 0 Å². The molecule has 3 heterocycles.